The Bertz CT molecular complexity index is 763. The first-order chi connectivity index (χ1) is 11.5. The topological polar surface area (TPSA) is 147 Å². The molecule has 0 aliphatic carbocycles. The van der Waals surface area contributed by atoms with E-state index in [-0.39, 0.29) is 5.75 Å². The third kappa shape index (κ3) is 3.87. The predicted octanol–water partition coefficient (Wildman–Crippen LogP) is -0.0369. The molecule has 10 nitrogen and oxygen atoms in total. The summed E-state index contributed by atoms with van der Waals surface area (Å²) >= 11 is 1.02. The third-order valence-electron chi connectivity index (χ3n) is 2.90. The van der Waals surface area contributed by atoms with Gasteiger partial charge in [-0.2, -0.15) is 0 Å². The molecule has 24 heavy (non-hydrogen) atoms. The number of imide groups is 1. The number of urea groups is 1. The van der Waals surface area contributed by atoms with Crippen LogP contribution in [0, 0.1) is 0 Å². The Hall–Kier alpha value is -2.95. The maximum absolute atomic E-state index is 11.4. The molecule has 0 radical (unpaired) electrons. The Morgan fingerprint density at radius 2 is 1.96 bits per heavy atom. The summed E-state index contributed by atoms with van der Waals surface area (Å²) in [4.78, 5) is 22.0. The van der Waals surface area contributed by atoms with Gasteiger partial charge in [-0.05, 0) is 18.2 Å². The number of methoxy groups -OCH3 is 2. The fourth-order valence-electron chi connectivity index (χ4n) is 1.85. The number of carbonyl (C=O) groups excluding carboxylic acids is 2. The van der Waals surface area contributed by atoms with Crippen LogP contribution in [-0.2, 0) is 4.79 Å². The number of nitrogens with one attached hydrogen (secondary N) is 1. The number of aromatic nitrogens is 3. The monoisotopic (exact) mass is 352 g/mol. The SMILES string of the molecule is COc1ccc(-c2nnc(SCC(=O)NC(N)=O)n2N)cc1OC. The van der Waals surface area contributed by atoms with E-state index in [4.69, 9.17) is 21.1 Å². The summed E-state index contributed by atoms with van der Waals surface area (Å²) in [5, 5.41) is 10.2. The van der Waals surface area contributed by atoms with Crippen LogP contribution in [0.25, 0.3) is 11.4 Å². The Balaban J connectivity index is 2.18. The van der Waals surface area contributed by atoms with E-state index in [1.165, 1.54) is 18.9 Å². The van der Waals surface area contributed by atoms with Crippen molar-refractivity contribution in [3.8, 4) is 22.9 Å². The van der Waals surface area contributed by atoms with Crippen molar-refractivity contribution in [3.63, 3.8) is 0 Å². The van der Waals surface area contributed by atoms with E-state index in [0.29, 0.717) is 28.0 Å². The zero-order valence-corrected chi connectivity index (χ0v) is 13.8. The first-order valence-corrected chi connectivity index (χ1v) is 7.59. The molecule has 11 heteroatoms. The number of ether oxygens (including phenoxy) is 2. The van der Waals surface area contributed by atoms with Gasteiger partial charge in [0.1, 0.15) is 0 Å². The van der Waals surface area contributed by atoms with Gasteiger partial charge in [-0.25, -0.2) is 9.47 Å². The summed E-state index contributed by atoms with van der Waals surface area (Å²) < 4.78 is 11.6. The number of carbonyl (C=O) groups is 2. The van der Waals surface area contributed by atoms with Crippen molar-refractivity contribution in [2.24, 2.45) is 5.73 Å². The molecule has 0 spiro atoms. The van der Waals surface area contributed by atoms with Crippen LogP contribution in [0.15, 0.2) is 23.4 Å². The van der Waals surface area contributed by atoms with E-state index in [9.17, 15) is 9.59 Å². The second kappa shape index (κ2) is 7.55. The normalized spacial score (nSPS) is 10.2. The highest BCUT2D eigenvalue weighted by atomic mass is 32.2. The van der Waals surface area contributed by atoms with Gasteiger partial charge in [0.15, 0.2) is 17.3 Å². The van der Waals surface area contributed by atoms with Gasteiger partial charge in [-0.15, -0.1) is 10.2 Å². The molecule has 0 saturated heterocycles. The number of thioether (sulfide) groups is 1. The van der Waals surface area contributed by atoms with Crippen LogP contribution in [0.1, 0.15) is 0 Å². The fourth-order valence-corrected chi connectivity index (χ4v) is 2.51. The molecular weight excluding hydrogens is 336 g/mol. The molecule has 1 heterocycles. The lowest BCUT2D eigenvalue weighted by Crippen LogP contribution is -2.36. The number of nitrogen functional groups attached to an aromatic ring is 1. The van der Waals surface area contributed by atoms with Gasteiger partial charge in [-0.3, -0.25) is 10.1 Å². The van der Waals surface area contributed by atoms with Crippen LogP contribution in [0.2, 0.25) is 0 Å². The third-order valence-corrected chi connectivity index (χ3v) is 3.84. The first-order valence-electron chi connectivity index (χ1n) is 6.61. The Morgan fingerprint density at radius 3 is 2.58 bits per heavy atom. The molecule has 0 aliphatic heterocycles. The van der Waals surface area contributed by atoms with Gasteiger partial charge in [0.25, 0.3) is 0 Å². The molecule has 128 valence electrons. The van der Waals surface area contributed by atoms with Crippen LogP contribution in [-0.4, -0.2) is 46.8 Å². The molecular formula is C13H16N6O4S. The maximum atomic E-state index is 11.4. The van der Waals surface area contributed by atoms with Gasteiger partial charge in [0, 0.05) is 5.56 Å². The minimum absolute atomic E-state index is 0.0792. The Morgan fingerprint density at radius 1 is 1.25 bits per heavy atom. The highest BCUT2D eigenvalue weighted by Crippen LogP contribution is 2.32. The summed E-state index contributed by atoms with van der Waals surface area (Å²) in [6.07, 6.45) is 0. The largest absolute Gasteiger partial charge is 0.493 e. The number of nitrogens with two attached hydrogens (primary N) is 2. The number of rotatable bonds is 6. The quantitative estimate of drug-likeness (QED) is 0.485. The van der Waals surface area contributed by atoms with E-state index < -0.39 is 11.9 Å². The lowest BCUT2D eigenvalue weighted by atomic mass is 10.2. The number of nitrogens with zero attached hydrogens (tertiary/aromatic N) is 3. The average molecular weight is 352 g/mol. The van der Waals surface area contributed by atoms with Crippen molar-refractivity contribution in [1.82, 2.24) is 20.2 Å². The van der Waals surface area contributed by atoms with E-state index in [2.05, 4.69) is 10.2 Å². The molecule has 0 fully saturated rings. The molecule has 1 aromatic heterocycles. The van der Waals surface area contributed by atoms with Crippen LogP contribution in [0.4, 0.5) is 4.79 Å². The fraction of sp³-hybridized carbons (Fsp3) is 0.231. The molecule has 1 aromatic carbocycles. The summed E-state index contributed by atoms with van der Waals surface area (Å²) in [7, 11) is 3.06. The van der Waals surface area contributed by atoms with E-state index in [0.717, 1.165) is 11.8 Å². The molecule has 3 amide bonds. The average Bonchev–Trinajstić information content (AvgIpc) is 2.92. The molecule has 0 aliphatic rings. The van der Waals surface area contributed by atoms with Crippen LogP contribution < -0.4 is 26.4 Å². The summed E-state index contributed by atoms with van der Waals surface area (Å²) in [6.45, 7) is 0. The smallest absolute Gasteiger partial charge is 0.318 e. The van der Waals surface area contributed by atoms with E-state index >= 15 is 0 Å². The summed E-state index contributed by atoms with van der Waals surface area (Å²) in [6, 6.07) is 4.26. The van der Waals surface area contributed by atoms with Gasteiger partial charge >= 0.3 is 6.03 Å². The Kier molecular flexibility index (Phi) is 5.47. The first kappa shape index (κ1) is 17.4. The van der Waals surface area contributed by atoms with Crippen molar-refractivity contribution in [3.05, 3.63) is 18.2 Å². The zero-order valence-electron chi connectivity index (χ0n) is 13.0. The molecule has 2 aromatic rings. The van der Waals surface area contributed by atoms with Crippen molar-refractivity contribution >= 4 is 23.7 Å². The van der Waals surface area contributed by atoms with Crippen molar-refractivity contribution in [2.75, 3.05) is 25.8 Å². The zero-order chi connectivity index (χ0) is 17.7. The van der Waals surface area contributed by atoms with Gasteiger partial charge in [0.2, 0.25) is 11.1 Å². The van der Waals surface area contributed by atoms with Crippen molar-refractivity contribution < 1.29 is 19.1 Å². The van der Waals surface area contributed by atoms with Crippen LogP contribution in [0.5, 0.6) is 11.5 Å². The Labute approximate surface area is 141 Å². The molecule has 5 N–H and O–H groups in total. The minimum atomic E-state index is -0.916. The van der Waals surface area contributed by atoms with Gasteiger partial charge in [0.05, 0.1) is 20.0 Å². The molecule has 0 unspecified atom stereocenters. The summed E-state index contributed by atoms with van der Waals surface area (Å²) in [5.41, 5.74) is 5.53. The van der Waals surface area contributed by atoms with Crippen LogP contribution in [0.3, 0.4) is 0 Å². The number of hydrogen-bond acceptors (Lipinski definition) is 8. The standard InChI is InChI=1S/C13H16N6O4S/c1-22-8-4-3-7(5-9(8)23-2)11-17-18-13(19(11)15)24-6-10(20)16-12(14)21/h3-5H,6,15H2,1-2H3,(H3,14,16,20,21). The maximum Gasteiger partial charge on any atom is 0.318 e. The number of primary amides is 1. The molecule has 0 saturated carbocycles. The predicted molar refractivity (Wildman–Crippen MR) is 87.2 cm³/mol. The van der Waals surface area contributed by atoms with Gasteiger partial charge in [-0.1, -0.05) is 11.8 Å². The van der Waals surface area contributed by atoms with Gasteiger partial charge < -0.3 is 21.1 Å². The lowest BCUT2D eigenvalue weighted by molar-refractivity contribution is -0.117. The molecule has 0 atom stereocenters. The van der Waals surface area contributed by atoms with Crippen molar-refractivity contribution in [2.45, 2.75) is 5.16 Å². The second-order valence-corrected chi connectivity index (χ2v) is 5.39. The number of benzene rings is 1. The summed E-state index contributed by atoms with van der Waals surface area (Å²) in [5.74, 6) is 6.80. The molecule has 0 bridgehead atoms. The van der Waals surface area contributed by atoms with E-state index in [1.54, 1.807) is 18.2 Å². The number of hydrogen-bond donors (Lipinski definition) is 3. The second-order valence-electron chi connectivity index (χ2n) is 4.45. The minimum Gasteiger partial charge on any atom is -0.493 e. The highest BCUT2D eigenvalue weighted by Gasteiger charge is 2.16. The molecule has 2 rings (SSSR count). The van der Waals surface area contributed by atoms with E-state index in [1.807, 2.05) is 5.32 Å². The van der Waals surface area contributed by atoms with Crippen LogP contribution >= 0.6 is 11.8 Å². The highest BCUT2D eigenvalue weighted by molar-refractivity contribution is 7.99. The number of amides is 3. The lowest BCUT2D eigenvalue weighted by Gasteiger charge is -2.09. The van der Waals surface area contributed by atoms with Crippen molar-refractivity contribution in [1.29, 1.82) is 0 Å².